The molecule has 41 heavy (non-hydrogen) atoms. The zero-order chi connectivity index (χ0) is 29.6. The quantitative estimate of drug-likeness (QED) is 0.154. The lowest BCUT2D eigenvalue weighted by Gasteiger charge is -2.26. The van der Waals surface area contributed by atoms with E-state index in [2.05, 4.69) is 36.5 Å². The van der Waals surface area contributed by atoms with Crippen LogP contribution >= 0.6 is 11.6 Å². The summed E-state index contributed by atoms with van der Waals surface area (Å²) in [6.07, 6.45) is 0.685. The van der Waals surface area contributed by atoms with Gasteiger partial charge in [-0.3, -0.25) is 9.10 Å². The summed E-state index contributed by atoms with van der Waals surface area (Å²) < 4.78 is 28.8. The lowest BCUT2D eigenvalue weighted by Crippen LogP contribution is -2.31. The van der Waals surface area contributed by atoms with Crippen molar-refractivity contribution in [2.45, 2.75) is 51.0 Å². The number of carbonyl (C=O) groups is 1. The van der Waals surface area contributed by atoms with E-state index in [9.17, 15) is 13.2 Å². The molecule has 4 aromatic rings. The lowest BCUT2D eigenvalue weighted by atomic mass is 9.80. The zero-order valence-electron chi connectivity index (χ0n) is 23.6. The average Bonchev–Trinajstić information content (AvgIpc) is 2.97. The van der Waals surface area contributed by atoms with Gasteiger partial charge in [0.2, 0.25) is 0 Å². The summed E-state index contributed by atoms with van der Waals surface area (Å²) in [5, 5.41) is 4.76. The van der Waals surface area contributed by atoms with Crippen molar-refractivity contribution in [2.75, 3.05) is 4.31 Å². The number of sulfonamides is 1. The van der Waals surface area contributed by atoms with Gasteiger partial charge in [-0.15, -0.1) is 0 Å². The third-order valence-electron chi connectivity index (χ3n) is 6.91. The Morgan fingerprint density at radius 2 is 1.51 bits per heavy atom. The number of amides is 1. The Bertz CT molecular complexity index is 1640. The number of nitrogens with zero attached hydrogens (tertiary/aromatic N) is 2. The zero-order valence-corrected chi connectivity index (χ0v) is 25.2. The van der Waals surface area contributed by atoms with Crippen LogP contribution in [0.1, 0.15) is 54.2 Å². The lowest BCUT2D eigenvalue weighted by molar-refractivity contribution is 0.0954. The van der Waals surface area contributed by atoms with Gasteiger partial charge in [-0.1, -0.05) is 92.2 Å². The van der Waals surface area contributed by atoms with E-state index in [1.807, 2.05) is 32.0 Å². The van der Waals surface area contributed by atoms with E-state index in [1.54, 1.807) is 72.8 Å². The summed E-state index contributed by atoms with van der Waals surface area (Å²) in [4.78, 5) is 13.0. The molecular formula is C33H34ClN3O3S. The Morgan fingerprint density at radius 3 is 2.15 bits per heavy atom. The van der Waals surface area contributed by atoms with Crippen LogP contribution in [0.15, 0.2) is 113 Å². The monoisotopic (exact) mass is 587 g/mol. The molecule has 8 heteroatoms. The summed E-state index contributed by atoms with van der Waals surface area (Å²) in [5.41, 5.74) is 6.92. The van der Waals surface area contributed by atoms with Crippen LogP contribution in [0.3, 0.4) is 0 Å². The summed E-state index contributed by atoms with van der Waals surface area (Å²) >= 11 is 6.26. The summed E-state index contributed by atoms with van der Waals surface area (Å²) in [5.74, 6) is -0.340. The Labute approximate surface area is 247 Å². The van der Waals surface area contributed by atoms with Gasteiger partial charge in [-0.25, -0.2) is 13.8 Å². The number of nitrogens with one attached hydrogen (secondary N) is 1. The van der Waals surface area contributed by atoms with Gasteiger partial charge >= 0.3 is 0 Å². The molecule has 0 aliphatic rings. The fraction of sp³-hybridized carbons (Fsp3) is 0.212. The minimum absolute atomic E-state index is 0.0616. The van der Waals surface area contributed by atoms with Crippen molar-refractivity contribution < 1.29 is 13.2 Å². The van der Waals surface area contributed by atoms with Gasteiger partial charge in [-0.05, 0) is 78.8 Å². The van der Waals surface area contributed by atoms with Gasteiger partial charge < -0.3 is 0 Å². The number of anilines is 1. The standard InChI is InChI=1S/C33H34ClN3O3S/c1-24-15-20-29(34)21-31(24)37(41(39,40)30-13-9-6-10-14-30)23-26-16-18-27(19-17-26)32(38)36-35-25(2)22-33(3,4)28-11-7-5-8-12-28/h5-21H,22-23H2,1-4H3,(H,36,38)/b35-25-. The van der Waals surface area contributed by atoms with Gasteiger partial charge in [0.25, 0.3) is 15.9 Å². The summed E-state index contributed by atoms with van der Waals surface area (Å²) in [6.45, 7) is 8.10. The molecule has 0 aliphatic heterocycles. The molecule has 0 unspecified atom stereocenters. The molecule has 0 aromatic heterocycles. The van der Waals surface area contributed by atoms with Crippen molar-refractivity contribution in [3.8, 4) is 0 Å². The highest BCUT2D eigenvalue weighted by molar-refractivity contribution is 7.92. The van der Waals surface area contributed by atoms with Crippen LogP contribution in [-0.4, -0.2) is 20.0 Å². The van der Waals surface area contributed by atoms with Gasteiger partial charge in [0.1, 0.15) is 0 Å². The maximum atomic E-state index is 13.7. The van der Waals surface area contributed by atoms with Crippen LogP contribution in [0.2, 0.25) is 5.02 Å². The van der Waals surface area contributed by atoms with Crippen LogP contribution in [0.4, 0.5) is 5.69 Å². The Hall–Kier alpha value is -3.94. The van der Waals surface area contributed by atoms with E-state index in [-0.39, 0.29) is 22.8 Å². The molecule has 0 saturated heterocycles. The number of aryl methyl sites for hydroxylation is 1. The molecule has 212 valence electrons. The van der Waals surface area contributed by atoms with Crippen LogP contribution < -0.4 is 9.73 Å². The maximum absolute atomic E-state index is 13.7. The summed E-state index contributed by atoms with van der Waals surface area (Å²) in [7, 11) is -3.89. The van der Waals surface area contributed by atoms with Crippen molar-refractivity contribution in [3.63, 3.8) is 0 Å². The molecule has 0 saturated carbocycles. The molecular weight excluding hydrogens is 554 g/mol. The van der Waals surface area contributed by atoms with Crippen LogP contribution in [-0.2, 0) is 22.0 Å². The smallest absolute Gasteiger partial charge is 0.267 e. The molecule has 1 N–H and O–H groups in total. The number of rotatable bonds is 10. The number of hydrogen-bond acceptors (Lipinski definition) is 4. The fourth-order valence-electron chi connectivity index (χ4n) is 4.68. The Balaban J connectivity index is 1.51. The van der Waals surface area contributed by atoms with Crippen LogP contribution in [0.25, 0.3) is 0 Å². The molecule has 1 amide bonds. The van der Waals surface area contributed by atoms with Crippen molar-refractivity contribution >= 4 is 38.9 Å². The molecule has 4 aromatic carbocycles. The summed E-state index contributed by atoms with van der Waals surface area (Å²) in [6, 6.07) is 30.5. The first-order chi connectivity index (χ1) is 19.5. The highest BCUT2D eigenvalue weighted by atomic mass is 35.5. The Kier molecular flexibility index (Phi) is 9.31. The largest absolute Gasteiger partial charge is 0.271 e. The van der Waals surface area contributed by atoms with Gasteiger partial charge in [0.05, 0.1) is 17.1 Å². The minimum Gasteiger partial charge on any atom is -0.267 e. The predicted molar refractivity (Wildman–Crippen MR) is 167 cm³/mol. The number of carbonyl (C=O) groups excluding carboxylic acids is 1. The van der Waals surface area contributed by atoms with Gasteiger partial charge in [0.15, 0.2) is 0 Å². The normalized spacial score (nSPS) is 12.2. The van der Waals surface area contributed by atoms with Crippen molar-refractivity contribution in [3.05, 3.63) is 130 Å². The van der Waals surface area contributed by atoms with E-state index in [4.69, 9.17) is 11.6 Å². The number of hydrazone groups is 1. The maximum Gasteiger partial charge on any atom is 0.271 e. The SMILES string of the molecule is C/C(CC(C)(C)c1ccccc1)=N/NC(=O)c1ccc(CN(c2cc(Cl)ccc2C)S(=O)(=O)c2ccccc2)cc1. The molecule has 0 fully saturated rings. The van der Waals surface area contributed by atoms with E-state index >= 15 is 0 Å². The first-order valence-corrected chi connectivity index (χ1v) is 15.1. The van der Waals surface area contributed by atoms with Crippen LogP contribution in [0, 0.1) is 6.92 Å². The minimum atomic E-state index is -3.89. The molecule has 6 nitrogen and oxygen atoms in total. The van der Waals surface area contributed by atoms with Gasteiger partial charge in [-0.2, -0.15) is 5.10 Å². The van der Waals surface area contributed by atoms with Crippen molar-refractivity contribution in [1.29, 1.82) is 0 Å². The van der Waals surface area contributed by atoms with Crippen molar-refractivity contribution in [2.24, 2.45) is 5.10 Å². The van der Waals surface area contributed by atoms with E-state index in [0.717, 1.165) is 11.3 Å². The Morgan fingerprint density at radius 1 is 0.902 bits per heavy atom. The second-order valence-electron chi connectivity index (χ2n) is 10.7. The third kappa shape index (κ3) is 7.43. The molecule has 0 bridgehead atoms. The first-order valence-electron chi connectivity index (χ1n) is 13.3. The molecule has 0 atom stereocenters. The average molecular weight is 588 g/mol. The van der Waals surface area contributed by atoms with Gasteiger partial charge in [0, 0.05) is 16.3 Å². The number of benzene rings is 4. The second kappa shape index (κ2) is 12.7. The molecule has 0 radical (unpaired) electrons. The number of hydrogen-bond donors (Lipinski definition) is 1. The highest BCUT2D eigenvalue weighted by Gasteiger charge is 2.27. The molecule has 0 spiro atoms. The van der Waals surface area contributed by atoms with Crippen LogP contribution in [0.5, 0.6) is 0 Å². The second-order valence-corrected chi connectivity index (χ2v) is 13.0. The first kappa shape index (κ1) is 30.0. The van der Waals surface area contributed by atoms with E-state index < -0.39 is 10.0 Å². The van der Waals surface area contributed by atoms with E-state index in [0.29, 0.717) is 28.3 Å². The highest BCUT2D eigenvalue weighted by Crippen LogP contribution is 2.31. The van der Waals surface area contributed by atoms with Crippen molar-refractivity contribution in [1.82, 2.24) is 5.43 Å². The number of halogens is 1. The molecule has 0 aliphatic carbocycles. The molecule has 4 rings (SSSR count). The fourth-order valence-corrected chi connectivity index (χ4v) is 6.38. The molecule has 0 heterocycles. The predicted octanol–water partition coefficient (Wildman–Crippen LogP) is 7.52. The third-order valence-corrected chi connectivity index (χ3v) is 8.92. The topological polar surface area (TPSA) is 78.8 Å². The van der Waals surface area contributed by atoms with E-state index in [1.165, 1.54) is 9.87 Å².